The first kappa shape index (κ1) is 32.4. The maximum absolute atomic E-state index is 14.1. The van der Waals surface area contributed by atoms with Gasteiger partial charge < -0.3 is 30.0 Å². The number of aryl methyl sites for hydroxylation is 2. The predicted octanol–water partition coefficient (Wildman–Crippen LogP) is 5.18. The zero-order valence-electron chi connectivity index (χ0n) is 27.8. The molecule has 0 saturated carbocycles. The number of carbonyl (C=O) groups is 3. The number of hydrogen-bond donors (Lipinski definition) is 2. The molecule has 1 atom stereocenters. The maximum Gasteiger partial charge on any atom is 0.322 e. The highest BCUT2D eigenvalue weighted by atomic mass is 16.3. The summed E-state index contributed by atoms with van der Waals surface area (Å²) in [5.41, 5.74) is 4.54. The monoisotopic (exact) mass is 629 g/mol. The van der Waals surface area contributed by atoms with E-state index >= 15 is 0 Å². The Kier molecular flexibility index (Phi) is 9.87. The third-order valence-corrected chi connectivity index (χ3v) is 11.2. The van der Waals surface area contributed by atoms with Crippen LogP contribution in [0.4, 0.5) is 10.5 Å². The molecule has 3 saturated heterocycles. The Labute approximate surface area is 273 Å². The van der Waals surface area contributed by atoms with Crippen LogP contribution in [0.1, 0.15) is 67.2 Å². The number of amides is 4. The summed E-state index contributed by atoms with van der Waals surface area (Å²) in [4.78, 5) is 49.0. The molecule has 1 unspecified atom stereocenters. The Bertz CT molecular complexity index is 1400. The van der Waals surface area contributed by atoms with Crippen LogP contribution in [0.2, 0.25) is 0 Å². The second-order valence-electron chi connectivity index (χ2n) is 14.3. The van der Waals surface area contributed by atoms with Gasteiger partial charge in [0, 0.05) is 50.9 Å². The molecule has 6 rings (SSSR count). The SMILES string of the molecule is Cc1cc(CC(CC(=O)N2CCC(N3Cc4ccccc4NC3=O)CC2)C(=O)N2CCC(C3CCN(C)CC3)CC2)cc(C)c1O. The van der Waals surface area contributed by atoms with E-state index < -0.39 is 5.92 Å². The van der Waals surface area contributed by atoms with Crippen LogP contribution in [0.25, 0.3) is 0 Å². The van der Waals surface area contributed by atoms with Crippen molar-refractivity contribution in [2.24, 2.45) is 17.8 Å². The second kappa shape index (κ2) is 14.0. The van der Waals surface area contributed by atoms with Gasteiger partial charge in [-0.15, -0.1) is 0 Å². The van der Waals surface area contributed by atoms with Crippen molar-refractivity contribution in [3.63, 3.8) is 0 Å². The van der Waals surface area contributed by atoms with E-state index in [2.05, 4.69) is 17.3 Å². The molecule has 46 heavy (non-hydrogen) atoms. The number of urea groups is 1. The van der Waals surface area contributed by atoms with E-state index in [4.69, 9.17) is 0 Å². The molecular weight excluding hydrogens is 578 g/mol. The fraction of sp³-hybridized carbons (Fsp3) is 0.595. The van der Waals surface area contributed by atoms with Crippen molar-refractivity contribution in [1.29, 1.82) is 0 Å². The lowest BCUT2D eigenvalue weighted by atomic mass is 9.78. The van der Waals surface area contributed by atoms with E-state index in [-0.39, 0.29) is 36.1 Å². The highest BCUT2D eigenvalue weighted by Crippen LogP contribution is 2.34. The van der Waals surface area contributed by atoms with Crippen LogP contribution < -0.4 is 5.32 Å². The van der Waals surface area contributed by atoms with Crippen LogP contribution in [0.15, 0.2) is 36.4 Å². The van der Waals surface area contributed by atoms with Crippen LogP contribution in [0, 0.1) is 31.6 Å². The number of nitrogens with one attached hydrogen (secondary N) is 1. The van der Waals surface area contributed by atoms with Gasteiger partial charge >= 0.3 is 6.03 Å². The number of phenolic OH excluding ortho intramolecular Hbond substituents is 1. The first-order valence-electron chi connectivity index (χ1n) is 17.4. The molecule has 2 aromatic rings. The van der Waals surface area contributed by atoms with Crippen molar-refractivity contribution in [2.75, 3.05) is 51.6 Å². The van der Waals surface area contributed by atoms with Gasteiger partial charge in [0.25, 0.3) is 0 Å². The molecule has 2 aromatic carbocycles. The Morgan fingerprint density at radius 1 is 0.870 bits per heavy atom. The normalized spacial score (nSPS) is 21.2. The zero-order valence-corrected chi connectivity index (χ0v) is 27.8. The van der Waals surface area contributed by atoms with Crippen LogP contribution in [0.5, 0.6) is 5.75 Å². The van der Waals surface area contributed by atoms with E-state index in [1.165, 1.54) is 12.8 Å². The molecule has 3 fully saturated rings. The van der Waals surface area contributed by atoms with Crippen molar-refractivity contribution in [2.45, 2.75) is 77.8 Å². The Balaban J connectivity index is 1.09. The Morgan fingerprint density at radius 2 is 1.46 bits per heavy atom. The van der Waals surface area contributed by atoms with E-state index in [0.29, 0.717) is 32.0 Å². The van der Waals surface area contributed by atoms with Crippen molar-refractivity contribution >= 4 is 23.5 Å². The van der Waals surface area contributed by atoms with Gasteiger partial charge in [0.05, 0.1) is 5.92 Å². The number of likely N-dealkylation sites (tertiary alicyclic amines) is 3. The number of nitrogens with zero attached hydrogens (tertiary/aromatic N) is 4. The number of aromatic hydroxyl groups is 1. The van der Waals surface area contributed by atoms with Crippen molar-refractivity contribution in [1.82, 2.24) is 19.6 Å². The number of para-hydroxylation sites is 1. The smallest absolute Gasteiger partial charge is 0.322 e. The Morgan fingerprint density at radius 3 is 2.11 bits per heavy atom. The summed E-state index contributed by atoms with van der Waals surface area (Å²) in [6.45, 7) is 9.36. The molecule has 0 aromatic heterocycles. The summed E-state index contributed by atoms with van der Waals surface area (Å²) >= 11 is 0. The number of piperidine rings is 3. The molecule has 0 bridgehead atoms. The minimum Gasteiger partial charge on any atom is -0.507 e. The molecule has 248 valence electrons. The minimum absolute atomic E-state index is 0.0127. The van der Waals surface area contributed by atoms with Gasteiger partial charge in [0.2, 0.25) is 11.8 Å². The zero-order chi connectivity index (χ0) is 32.4. The summed E-state index contributed by atoms with van der Waals surface area (Å²) in [5.74, 6) is 1.36. The maximum atomic E-state index is 14.1. The fourth-order valence-electron chi connectivity index (χ4n) is 8.33. The average molecular weight is 630 g/mol. The quantitative estimate of drug-likeness (QED) is 0.440. The van der Waals surface area contributed by atoms with E-state index in [1.807, 2.05) is 64.9 Å². The second-order valence-corrected chi connectivity index (χ2v) is 14.3. The first-order chi connectivity index (χ1) is 22.2. The summed E-state index contributed by atoms with van der Waals surface area (Å²) < 4.78 is 0. The number of benzene rings is 2. The first-order valence-corrected chi connectivity index (χ1v) is 17.4. The van der Waals surface area contributed by atoms with Crippen molar-refractivity contribution < 1.29 is 19.5 Å². The number of anilines is 1. The van der Waals surface area contributed by atoms with Gasteiger partial charge in [0.1, 0.15) is 5.75 Å². The molecule has 4 heterocycles. The van der Waals surface area contributed by atoms with Crippen LogP contribution in [-0.2, 0) is 22.6 Å². The molecular formula is C37H51N5O4. The molecule has 2 N–H and O–H groups in total. The van der Waals surface area contributed by atoms with Crippen LogP contribution >= 0.6 is 0 Å². The molecule has 9 heteroatoms. The lowest BCUT2D eigenvalue weighted by molar-refractivity contribution is -0.143. The standard InChI is InChI=1S/C37H51N5O4/c1-25-20-27(21-26(2)35(25)44)22-31(36(45)41-16-10-29(11-17-41)28-8-14-39(3)15-9-28)23-34(43)40-18-12-32(13-19-40)42-24-30-6-4-5-7-33(30)38-37(42)46/h4-7,20-21,28-29,31-32,44H,8-19,22-24H2,1-3H3,(H,38,46). The van der Waals surface area contributed by atoms with Crippen molar-refractivity contribution in [3.05, 3.63) is 58.7 Å². The summed E-state index contributed by atoms with van der Waals surface area (Å²) in [6.07, 6.45) is 6.68. The number of fused-ring (bicyclic) bond motifs is 1. The average Bonchev–Trinajstić information content (AvgIpc) is 3.06. The van der Waals surface area contributed by atoms with Gasteiger partial charge in [-0.05, 0) is 119 Å². The lowest BCUT2D eigenvalue weighted by Crippen LogP contribution is -2.51. The lowest BCUT2D eigenvalue weighted by Gasteiger charge is -2.41. The predicted molar refractivity (Wildman–Crippen MR) is 180 cm³/mol. The van der Waals surface area contributed by atoms with E-state index in [9.17, 15) is 19.5 Å². The molecule has 9 nitrogen and oxygen atoms in total. The number of hydrogen-bond acceptors (Lipinski definition) is 5. The number of phenols is 1. The van der Waals surface area contributed by atoms with Gasteiger partial charge in [-0.1, -0.05) is 30.3 Å². The highest BCUT2D eigenvalue weighted by molar-refractivity contribution is 5.92. The topological polar surface area (TPSA) is 96.4 Å². The van der Waals surface area contributed by atoms with Gasteiger partial charge in [-0.3, -0.25) is 9.59 Å². The van der Waals surface area contributed by atoms with Gasteiger partial charge in [0.15, 0.2) is 0 Å². The molecule has 0 spiro atoms. The molecule has 4 aliphatic heterocycles. The molecule has 4 amide bonds. The largest absolute Gasteiger partial charge is 0.507 e. The summed E-state index contributed by atoms with van der Waals surface area (Å²) in [5, 5.41) is 13.4. The summed E-state index contributed by atoms with van der Waals surface area (Å²) in [6, 6.07) is 11.8. The van der Waals surface area contributed by atoms with E-state index in [1.54, 1.807) is 0 Å². The number of carbonyl (C=O) groups excluding carboxylic acids is 3. The molecule has 0 aliphatic carbocycles. The third kappa shape index (κ3) is 7.19. The highest BCUT2D eigenvalue weighted by Gasteiger charge is 2.36. The molecule has 4 aliphatic rings. The van der Waals surface area contributed by atoms with Crippen molar-refractivity contribution in [3.8, 4) is 5.75 Å². The third-order valence-electron chi connectivity index (χ3n) is 11.2. The van der Waals surface area contributed by atoms with Gasteiger partial charge in [-0.2, -0.15) is 0 Å². The Hall–Kier alpha value is -3.59. The van der Waals surface area contributed by atoms with Gasteiger partial charge in [-0.25, -0.2) is 4.79 Å². The van der Waals surface area contributed by atoms with Crippen LogP contribution in [0.3, 0.4) is 0 Å². The molecule has 0 radical (unpaired) electrons. The van der Waals surface area contributed by atoms with Crippen LogP contribution in [-0.4, -0.2) is 94.9 Å². The summed E-state index contributed by atoms with van der Waals surface area (Å²) in [7, 11) is 2.20. The number of rotatable bonds is 7. The minimum atomic E-state index is -0.446. The van der Waals surface area contributed by atoms with E-state index in [0.717, 1.165) is 85.7 Å². The fourth-order valence-corrected chi connectivity index (χ4v) is 8.33.